The number of methoxy groups -OCH3 is 2. The first-order chi connectivity index (χ1) is 10.0. The normalized spacial score (nSPS) is 12.1. The monoisotopic (exact) mass is 357 g/mol. The van der Waals surface area contributed by atoms with Crippen LogP contribution in [-0.2, 0) is 0 Å². The summed E-state index contributed by atoms with van der Waals surface area (Å²) in [4.78, 5) is 0. The van der Waals surface area contributed by atoms with E-state index >= 15 is 0 Å². The highest BCUT2D eigenvalue weighted by Gasteiger charge is 2.22. The number of benzene rings is 2. The molecule has 0 amide bonds. The summed E-state index contributed by atoms with van der Waals surface area (Å²) >= 11 is 3.35. The topological polar surface area (TPSA) is 44.5 Å². The molecule has 2 rings (SSSR count). The molecule has 1 atom stereocenters. The van der Waals surface area contributed by atoms with Crippen LogP contribution < -0.4 is 15.2 Å². The van der Waals surface area contributed by atoms with E-state index in [-0.39, 0.29) is 5.56 Å². The highest BCUT2D eigenvalue weighted by Crippen LogP contribution is 2.40. The Balaban J connectivity index is 2.56. The summed E-state index contributed by atoms with van der Waals surface area (Å²) in [7, 11) is 2.99. The maximum Gasteiger partial charge on any atom is 0.163 e. The zero-order valence-electron chi connectivity index (χ0n) is 11.5. The third-order valence-electron chi connectivity index (χ3n) is 3.17. The van der Waals surface area contributed by atoms with Crippen molar-refractivity contribution in [1.82, 2.24) is 0 Å². The standard InChI is InChI=1S/C15H14BrF2NO2/c1-20-11-7-6-9(15(21-2)12(11)16)14(19)8-4-3-5-10(17)13(8)18/h3-7,14H,19H2,1-2H3. The Morgan fingerprint density at radius 1 is 1.05 bits per heavy atom. The van der Waals surface area contributed by atoms with E-state index in [1.807, 2.05) is 0 Å². The van der Waals surface area contributed by atoms with Gasteiger partial charge in [-0.15, -0.1) is 0 Å². The number of rotatable bonds is 4. The number of hydrogen-bond acceptors (Lipinski definition) is 3. The van der Waals surface area contributed by atoms with Crippen molar-refractivity contribution in [3.05, 3.63) is 57.6 Å². The Labute approximate surface area is 129 Å². The largest absolute Gasteiger partial charge is 0.495 e. The van der Waals surface area contributed by atoms with Gasteiger partial charge in [0.25, 0.3) is 0 Å². The maximum atomic E-state index is 13.9. The van der Waals surface area contributed by atoms with E-state index in [1.54, 1.807) is 12.1 Å². The van der Waals surface area contributed by atoms with Crippen molar-refractivity contribution in [2.75, 3.05) is 14.2 Å². The smallest absolute Gasteiger partial charge is 0.163 e. The molecular formula is C15H14BrF2NO2. The summed E-state index contributed by atoms with van der Waals surface area (Å²) < 4.78 is 38.3. The molecule has 3 nitrogen and oxygen atoms in total. The molecule has 0 aliphatic carbocycles. The van der Waals surface area contributed by atoms with Gasteiger partial charge < -0.3 is 15.2 Å². The van der Waals surface area contributed by atoms with E-state index in [0.29, 0.717) is 21.5 Å². The van der Waals surface area contributed by atoms with Crippen LogP contribution in [0.3, 0.4) is 0 Å². The Hall–Kier alpha value is -1.66. The van der Waals surface area contributed by atoms with Crippen LogP contribution in [0.4, 0.5) is 8.78 Å². The molecule has 2 N–H and O–H groups in total. The number of halogens is 3. The van der Waals surface area contributed by atoms with E-state index < -0.39 is 17.7 Å². The van der Waals surface area contributed by atoms with Gasteiger partial charge in [0.2, 0.25) is 0 Å². The average Bonchev–Trinajstić information content (AvgIpc) is 2.49. The zero-order chi connectivity index (χ0) is 15.6. The Bertz CT molecular complexity index is 664. The fourth-order valence-electron chi connectivity index (χ4n) is 2.09. The molecule has 0 spiro atoms. The lowest BCUT2D eigenvalue weighted by molar-refractivity contribution is 0.384. The molecule has 0 aliphatic rings. The molecule has 0 saturated carbocycles. The van der Waals surface area contributed by atoms with Crippen molar-refractivity contribution in [3.63, 3.8) is 0 Å². The second-order valence-electron chi connectivity index (χ2n) is 4.32. The molecule has 0 aromatic heterocycles. The molecule has 0 radical (unpaired) electrons. The third kappa shape index (κ3) is 2.87. The van der Waals surface area contributed by atoms with Crippen molar-refractivity contribution >= 4 is 15.9 Å². The summed E-state index contributed by atoms with van der Waals surface area (Å²) in [5, 5.41) is 0. The molecular weight excluding hydrogens is 344 g/mol. The minimum absolute atomic E-state index is 0.0605. The molecule has 0 heterocycles. The average molecular weight is 358 g/mol. The first kappa shape index (κ1) is 15.7. The number of nitrogens with two attached hydrogens (primary N) is 1. The second kappa shape index (κ2) is 6.41. The molecule has 0 bridgehead atoms. The molecule has 0 saturated heterocycles. The first-order valence-electron chi connectivity index (χ1n) is 6.11. The summed E-state index contributed by atoms with van der Waals surface area (Å²) in [5.74, 6) is -0.915. The zero-order valence-corrected chi connectivity index (χ0v) is 13.1. The predicted molar refractivity (Wildman–Crippen MR) is 79.6 cm³/mol. The maximum absolute atomic E-state index is 13.9. The first-order valence-corrected chi connectivity index (χ1v) is 6.90. The van der Waals surface area contributed by atoms with Gasteiger partial charge in [-0.1, -0.05) is 12.1 Å². The van der Waals surface area contributed by atoms with Gasteiger partial charge in [0.05, 0.1) is 20.3 Å². The lowest BCUT2D eigenvalue weighted by Crippen LogP contribution is -2.15. The summed E-state index contributed by atoms with van der Waals surface area (Å²) in [5.41, 5.74) is 6.66. The fraction of sp³-hybridized carbons (Fsp3) is 0.200. The number of ether oxygens (including phenoxy) is 2. The van der Waals surface area contributed by atoms with E-state index in [1.165, 1.54) is 26.4 Å². The molecule has 0 fully saturated rings. The van der Waals surface area contributed by atoms with Gasteiger partial charge in [-0.2, -0.15) is 0 Å². The highest BCUT2D eigenvalue weighted by molar-refractivity contribution is 9.10. The SMILES string of the molecule is COc1ccc(C(N)c2cccc(F)c2F)c(OC)c1Br. The van der Waals surface area contributed by atoms with Gasteiger partial charge in [0.15, 0.2) is 11.6 Å². The van der Waals surface area contributed by atoms with Crippen molar-refractivity contribution in [2.24, 2.45) is 5.73 Å². The summed E-state index contributed by atoms with van der Waals surface area (Å²) in [6.45, 7) is 0. The molecule has 112 valence electrons. The van der Waals surface area contributed by atoms with Gasteiger partial charge in [-0.3, -0.25) is 0 Å². The van der Waals surface area contributed by atoms with Crippen LogP contribution in [0.5, 0.6) is 11.5 Å². The van der Waals surface area contributed by atoms with Crippen LogP contribution >= 0.6 is 15.9 Å². The van der Waals surface area contributed by atoms with Crippen LogP contribution in [0.25, 0.3) is 0 Å². The van der Waals surface area contributed by atoms with Crippen LogP contribution in [0.15, 0.2) is 34.8 Å². The van der Waals surface area contributed by atoms with E-state index in [2.05, 4.69) is 15.9 Å². The minimum Gasteiger partial charge on any atom is -0.495 e. The molecule has 21 heavy (non-hydrogen) atoms. The number of hydrogen-bond donors (Lipinski definition) is 1. The fourth-order valence-corrected chi connectivity index (χ4v) is 2.78. The van der Waals surface area contributed by atoms with Gasteiger partial charge in [-0.25, -0.2) is 8.78 Å². The van der Waals surface area contributed by atoms with Crippen molar-refractivity contribution < 1.29 is 18.3 Å². The van der Waals surface area contributed by atoms with Gasteiger partial charge in [0.1, 0.15) is 16.0 Å². The quantitative estimate of drug-likeness (QED) is 0.905. The lowest BCUT2D eigenvalue weighted by Gasteiger charge is -2.19. The highest BCUT2D eigenvalue weighted by atomic mass is 79.9. The van der Waals surface area contributed by atoms with E-state index in [9.17, 15) is 8.78 Å². The molecule has 6 heteroatoms. The molecule has 0 aliphatic heterocycles. The summed E-state index contributed by atoms with van der Waals surface area (Å²) in [6.07, 6.45) is 0. The Kier molecular flexibility index (Phi) is 4.80. The van der Waals surface area contributed by atoms with Crippen molar-refractivity contribution in [2.45, 2.75) is 6.04 Å². The van der Waals surface area contributed by atoms with Gasteiger partial charge in [-0.05, 0) is 34.1 Å². The third-order valence-corrected chi connectivity index (χ3v) is 3.92. The van der Waals surface area contributed by atoms with E-state index in [4.69, 9.17) is 15.2 Å². The van der Waals surface area contributed by atoms with Crippen LogP contribution in [-0.4, -0.2) is 14.2 Å². The Morgan fingerprint density at radius 3 is 2.38 bits per heavy atom. The van der Waals surface area contributed by atoms with Crippen LogP contribution in [0.2, 0.25) is 0 Å². The van der Waals surface area contributed by atoms with E-state index in [0.717, 1.165) is 6.07 Å². The van der Waals surface area contributed by atoms with Crippen LogP contribution in [0.1, 0.15) is 17.2 Å². The molecule has 2 aromatic carbocycles. The minimum atomic E-state index is -0.959. The van der Waals surface area contributed by atoms with Crippen molar-refractivity contribution in [3.8, 4) is 11.5 Å². The van der Waals surface area contributed by atoms with Crippen LogP contribution in [0, 0.1) is 11.6 Å². The van der Waals surface area contributed by atoms with Gasteiger partial charge >= 0.3 is 0 Å². The van der Waals surface area contributed by atoms with Crippen molar-refractivity contribution in [1.29, 1.82) is 0 Å². The lowest BCUT2D eigenvalue weighted by atomic mass is 9.98. The molecule has 1 unspecified atom stereocenters. The Morgan fingerprint density at radius 2 is 1.76 bits per heavy atom. The summed E-state index contributed by atoms with van der Waals surface area (Å²) in [6, 6.07) is 6.39. The predicted octanol–water partition coefficient (Wildman–Crippen LogP) is 3.79. The molecule has 2 aromatic rings. The van der Waals surface area contributed by atoms with Gasteiger partial charge in [0, 0.05) is 11.1 Å². The second-order valence-corrected chi connectivity index (χ2v) is 5.12.